The minimum absolute atomic E-state index is 0.0165. The lowest BCUT2D eigenvalue weighted by Gasteiger charge is -2.34. The lowest BCUT2D eigenvalue weighted by molar-refractivity contribution is -0.116. The van der Waals surface area contributed by atoms with Gasteiger partial charge in [0.2, 0.25) is 5.91 Å². The van der Waals surface area contributed by atoms with E-state index >= 15 is 0 Å². The summed E-state index contributed by atoms with van der Waals surface area (Å²) < 4.78 is 13.2. The Balaban J connectivity index is 1.12. The second kappa shape index (κ2) is 11.8. The van der Waals surface area contributed by atoms with Gasteiger partial charge >= 0.3 is 0 Å². The summed E-state index contributed by atoms with van der Waals surface area (Å²) in [7, 11) is 0. The van der Waals surface area contributed by atoms with Crippen LogP contribution in [0.5, 0.6) is 0 Å². The van der Waals surface area contributed by atoms with Gasteiger partial charge in [-0.15, -0.1) is 0 Å². The topological polar surface area (TPSA) is 96.1 Å². The van der Waals surface area contributed by atoms with E-state index in [-0.39, 0.29) is 29.3 Å². The number of primary amides is 1. The number of anilines is 1. The molecule has 0 aromatic heterocycles. The molecule has 2 fully saturated rings. The fourth-order valence-corrected chi connectivity index (χ4v) is 6.40. The van der Waals surface area contributed by atoms with E-state index < -0.39 is 5.91 Å². The molecule has 1 saturated carbocycles. The van der Waals surface area contributed by atoms with E-state index in [1.807, 2.05) is 13.0 Å². The van der Waals surface area contributed by atoms with E-state index in [2.05, 4.69) is 10.0 Å². The number of Topliss-reactive ketones (excluding diaryl/α,β-unsaturated/α-hetero) is 1. The van der Waals surface area contributed by atoms with Gasteiger partial charge in [-0.25, -0.2) is 9.40 Å². The van der Waals surface area contributed by atoms with Crippen LogP contribution in [-0.4, -0.2) is 47.8 Å². The molecule has 8 heteroatoms. The van der Waals surface area contributed by atoms with Gasteiger partial charge in [0.1, 0.15) is 5.82 Å². The van der Waals surface area contributed by atoms with Crippen molar-refractivity contribution in [3.8, 4) is 0 Å². The second-order valence-electron chi connectivity index (χ2n) is 11.3. The van der Waals surface area contributed by atoms with Crippen LogP contribution < -0.4 is 10.7 Å². The molecule has 2 aromatic rings. The molecule has 2 amide bonds. The van der Waals surface area contributed by atoms with Crippen molar-refractivity contribution in [2.24, 2.45) is 22.7 Å². The van der Waals surface area contributed by atoms with E-state index in [9.17, 15) is 18.8 Å². The summed E-state index contributed by atoms with van der Waals surface area (Å²) >= 11 is 0. The van der Waals surface area contributed by atoms with Crippen LogP contribution in [-0.2, 0) is 4.79 Å². The highest BCUT2D eigenvalue weighted by molar-refractivity contribution is 6.12. The highest BCUT2D eigenvalue weighted by Gasteiger charge is 2.30. The van der Waals surface area contributed by atoms with E-state index in [0.717, 1.165) is 75.9 Å². The summed E-state index contributed by atoms with van der Waals surface area (Å²) in [5, 5.41) is 5.80. The average molecular weight is 533 g/mol. The standard InChI is InChI=1S/C31H37FN4O3/c1-20-18-29(37)36(34-20)26-10-11-27(31(33)39)28(19-26)22-4-2-21(3-5-22)12-15-35-16-13-24(14-17-35)30(38)23-6-8-25(32)9-7-23/h6-11,19,21-22,24H,2-5,12-18H2,1H3,(H2,33,39)/t21-,22-. The minimum Gasteiger partial charge on any atom is -0.366 e. The van der Waals surface area contributed by atoms with Crippen molar-refractivity contribution in [1.29, 1.82) is 0 Å². The van der Waals surface area contributed by atoms with Crippen LogP contribution in [0.2, 0.25) is 0 Å². The first-order valence-corrected chi connectivity index (χ1v) is 14.1. The fraction of sp³-hybridized carbons (Fsp3) is 0.484. The number of likely N-dealkylation sites (tertiary alicyclic amines) is 1. The maximum atomic E-state index is 13.2. The van der Waals surface area contributed by atoms with Crippen LogP contribution in [0.4, 0.5) is 10.1 Å². The Bertz CT molecular complexity index is 1260. The Morgan fingerprint density at radius 3 is 2.31 bits per heavy atom. The number of hydrogen-bond acceptors (Lipinski definition) is 5. The summed E-state index contributed by atoms with van der Waals surface area (Å²) in [6, 6.07) is 11.3. The van der Waals surface area contributed by atoms with Gasteiger partial charge in [-0.3, -0.25) is 14.4 Å². The van der Waals surface area contributed by atoms with Crippen LogP contribution in [0.1, 0.15) is 90.5 Å². The number of hydrazone groups is 1. The Hall–Kier alpha value is -3.39. The van der Waals surface area contributed by atoms with Crippen LogP contribution in [0.3, 0.4) is 0 Å². The molecule has 0 bridgehead atoms. The summed E-state index contributed by atoms with van der Waals surface area (Å²) in [4.78, 5) is 39.8. The number of rotatable bonds is 8. The number of carbonyl (C=O) groups is 3. The third-order valence-electron chi connectivity index (χ3n) is 8.69. The summed E-state index contributed by atoms with van der Waals surface area (Å²) in [6.07, 6.45) is 7.29. The Kier molecular flexibility index (Phi) is 8.21. The van der Waals surface area contributed by atoms with Crippen molar-refractivity contribution in [3.05, 3.63) is 65.0 Å². The molecule has 1 aliphatic carbocycles. The van der Waals surface area contributed by atoms with Gasteiger partial charge in [0.15, 0.2) is 5.78 Å². The lowest BCUT2D eigenvalue weighted by atomic mass is 9.76. The molecule has 0 unspecified atom stereocenters. The molecule has 5 rings (SSSR count). The average Bonchev–Trinajstić information content (AvgIpc) is 3.29. The lowest BCUT2D eigenvalue weighted by Crippen LogP contribution is -2.37. The SMILES string of the molecule is CC1=NN(c2ccc(C(N)=O)c([C@H]3CC[C@H](CCN4CCC(C(=O)c5ccc(F)cc5)CC4)CC3)c2)C(=O)C1. The molecule has 2 heterocycles. The molecule has 2 N–H and O–H groups in total. The number of halogens is 1. The molecule has 1 saturated heterocycles. The largest absolute Gasteiger partial charge is 0.366 e. The van der Waals surface area contributed by atoms with E-state index in [0.29, 0.717) is 29.2 Å². The fourth-order valence-electron chi connectivity index (χ4n) is 6.40. The molecule has 0 spiro atoms. The third-order valence-corrected chi connectivity index (χ3v) is 8.69. The predicted molar refractivity (Wildman–Crippen MR) is 149 cm³/mol. The first-order valence-electron chi connectivity index (χ1n) is 14.1. The first kappa shape index (κ1) is 27.2. The highest BCUT2D eigenvalue weighted by atomic mass is 19.1. The van der Waals surface area contributed by atoms with Gasteiger partial charge in [-0.2, -0.15) is 5.10 Å². The molecule has 206 valence electrons. The molecule has 7 nitrogen and oxygen atoms in total. The molecule has 39 heavy (non-hydrogen) atoms. The smallest absolute Gasteiger partial charge is 0.253 e. The van der Waals surface area contributed by atoms with Crippen molar-refractivity contribution in [2.75, 3.05) is 24.6 Å². The number of piperidine rings is 1. The predicted octanol–water partition coefficient (Wildman–Crippen LogP) is 5.30. The first-order chi connectivity index (χ1) is 18.8. The van der Waals surface area contributed by atoms with Crippen molar-refractivity contribution in [1.82, 2.24) is 4.90 Å². The normalized spacial score (nSPS) is 22.7. The Labute approximate surface area is 229 Å². The van der Waals surface area contributed by atoms with Crippen LogP contribution in [0.25, 0.3) is 0 Å². The Morgan fingerprint density at radius 1 is 1.00 bits per heavy atom. The molecule has 0 atom stereocenters. The summed E-state index contributed by atoms with van der Waals surface area (Å²) in [5.74, 6) is 0.198. The molecule has 2 aliphatic heterocycles. The van der Waals surface area contributed by atoms with Gasteiger partial charge in [-0.1, -0.05) is 0 Å². The van der Waals surface area contributed by atoms with Gasteiger partial charge in [0.05, 0.1) is 12.1 Å². The number of nitrogens with two attached hydrogens (primary N) is 1. The van der Waals surface area contributed by atoms with Gasteiger partial charge < -0.3 is 10.6 Å². The van der Waals surface area contributed by atoms with Crippen molar-refractivity contribution < 1.29 is 18.8 Å². The zero-order chi connectivity index (χ0) is 27.5. The van der Waals surface area contributed by atoms with Crippen molar-refractivity contribution in [3.63, 3.8) is 0 Å². The molecular formula is C31H37FN4O3. The van der Waals surface area contributed by atoms with Crippen molar-refractivity contribution >= 4 is 29.0 Å². The maximum Gasteiger partial charge on any atom is 0.253 e. The maximum absolute atomic E-state index is 13.2. The van der Waals surface area contributed by atoms with E-state index in [1.165, 1.54) is 17.1 Å². The van der Waals surface area contributed by atoms with Gasteiger partial charge in [0, 0.05) is 22.8 Å². The summed E-state index contributed by atoms with van der Waals surface area (Å²) in [6.45, 7) is 4.70. The zero-order valence-corrected chi connectivity index (χ0v) is 22.6. The number of amides is 2. The summed E-state index contributed by atoms with van der Waals surface area (Å²) in [5.41, 5.74) is 9.25. The molecule has 2 aromatic carbocycles. The van der Waals surface area contributed by atoms with Crippen LogP contribution in [0, 0.1) is 17.7 Å². The number of carbonyl (C=O) groups excluding carboxylic acids is 3. The number of nitrogens with zero attached hydrogens (tertiary/aromatic N) is 3. The highest BCUT2D eigenvalue weighted by Crippen LogP contribution is 2.40. The second-order valence-corrected chi connectivity index (χ2v) is 11.3. The van der Waals surface area contributed by atoms with Crippen LogP contribution >= 0.6 is 0 Å². The zero-order valence-electron chi connectivity index (χ0n) is 22.6. The van der Waals surface area contributed by atoms with Crippen LogP contribution in [0.15, 0.2) is 47.6 Å². The third kappa shape index (κ3) is 6.27. The Morgan fingerprint density at radius 2 is 1.69 bits per heavy atom. The molecular weight excluding hydrogens is 495 g/mol. The quantitative estimate of drug-likeness (QED) is 0.467. The number of ketones is 1. The molecule has 0 radical (unpaired) electrons. The van der Waals surface area contributed by atoms with Gasteiger partial charge in [0.25, 0.3) is 5.91 Å². The number of hydrogen-bond donors (Lipinski definition) is 1. The monoisotopic (exact) mass is 532 g/mol. The van der Waals surface area contributed by atoms with Gasteiger partial charge in [-0.05, 0) is 131 Å². The van der Waals surface area contributed by atoms with Crippen molar-refractivity contribution in [2.45, 2.75) is 64.2 Å². The number of benzene rings is 2. The van der Waals surface area contributed by atoms with E-state index in [4.69, 9.17) is 5.73 Å². The minimum atomic E-state index is -0.438. The van der Waals surface area contributed by atoms with E-state index in [1.54, 1.807) is 24.3 Å². The molecule has 3 aliphatic rings.